The van der Waals surface area contributed by atoms with Gasteiger partial charge in [-0.1, -0.05) is 18.2 Å². The Morgan fingerprint density at radius 3 is 2.68 bits per heavy atom. The van der Waals surface area contributed by atoms with Gasteiger partial charge in [-0.25, -0.2) is 0 Å². The number of nitrogens with zero attached hydrogens (tertiary/aromatic N) is 4. The van der Waals surface area contributed by atoms with E-state index in [0.717, 1.165) is 55.7 Å². The Bertz CT molecular complexity index is 833. The van der Waals surface area contributed by atoms with E-state index in [9.17, 15) is 9.90 Å². The normalized spacial score (nSPS) is 24.8. The Balaban J connectivity index is 1.48. The van der Waals surface area contributed by atoms with Gasteiger partial charge >= 0.3 is 0 Å². The first-order valence-electron chi connectivity index (χ1n) is 10.4. The predicted octanol–water partition coefficient (Wildman–Crippen LogP) is 1.50. The average Bonchev–Trinajstić information content (AvgIpc) is 3.19. The molecular formula is C22H32N4O2. The number of hydrogen-bond acceptors (Lipinski definition) is 4. The Labute approximate surface area is 167 Å². The summed E-state index contributed by atoms with van der Waals surface area (Å²) in [5, 5.41) is 10.9. The van der Waals surface area contributed by atoms with Crippen molar-refractivity contribution >= 4 is 16.8 Å². The van der Waals surface area contributed by atoms with E-state index in [2.05, 4.69) is 16.8 Å². The summed E-state index contributed by atoms with van der Waals surface area (Å²) >= 11 is 0. The van der Waals surface area contributed by atoms with E-state index < -0.39 is 0 Å². The molecule has 1 N–H and O–H groups in total. The van der Waals surface area contributed by atoms with Crippen LogP contribution in [-0.4, -0.2) is 89.7 Å². The molecule has 6 heteroatoms. The lowest BCUT2D eigenvalue weighted by Crippen LogP contribution is -2.36. The number of carbonyl (C=O) groups is 1. The van der Waals surface area contributed by atoms with E-state index in [0.29, 0.717) is 12.5 Å². The molecule has 6 nitrogen and oxygen atoms in total. The number of likely N-dealkylation sites (N-methyl/N-ethyl adjacent to an activating group) is 1. The lowest BCUT2D eigenvalue weighted by atomic mass is 9.96. The fourth-order valence-electron chi connectivity index (χ4n) is 4.81. The molecule has 152 valence electrons. The smallest absolute Gasteiger partial charge is 0.256 e. The molecule has 2 saturated heterocycles. The zero-order valence-corrected chi connectivity index (χ0v) is 17.0. The molecule has 0 saturated carbocycles. The molecule has 2 aromatic rings. The van der Waals surface area contributed by atoms with Crippen molar-refractivity contribution in [2.24, 2.45) is 18.9 Å². The van der Waals surface area contributed by atoms with Crippen LogP contribution in [0.1, 0.15) is 16.8 Å². The predicted molar refractivity (Wildman–Crippen MR) is 111 cm³/mol. The van der Waals surface area contributed by atoms with E-state index in [1.54, 1.807) is 0 Å². The minimum atomic E-state index is 0.0911. The summed E-state index contributed by atoms with van der Waals surface area (Å²) in [6.07, 6.45) is 3.13. The number of hydrogen-bond donors (Lipinski definition) is 1. The van der Waals surface area contributed by atoms with Crippen LogP contribution in [0.4, 0.5) is 0 Å². The second-order valence-corrected chi connectivity index (χ2v) is 8.54. The fraction of sp³-hybridized carbons (Fsp3) is 0.591. The van der Waals surface area contributed by atoms with Gasteiger partial charge in [0.2, 0.25) is 0 Å². The van der Waals surface area contributed by atoms with Gasteiger partial charge in [-0.05, 0) is 38.5 Å². The number of amides is 1. The standard InChI is InChI=1S/C22H32N4O2/c1-23-8-5-9-25(11-10-23)12-17-13-26(14-18(17)16-27)22(28)20-15-24(2)21-7-4-3-6-19(20)21/h3-4,6-7,15,17-18,27H,5,8-14,16H2,1-2H3/t17-,18-/m1/s1. The summed E-state index contributed by atoms with van der Waals surface area (Å²) in [6, 6.07) is 8.06. The summed E-state index contributed by atoms with van der Waals surface area (Å²) in [6.45, 7) is 6.93. The molecule has 2 atom stereocenters. The number of rotatable bonds is 4. The van der Waals surface area contributed by atoms with Gasteiger partial charge in [0.05, 0.1) is 5.56 Å². The Hall–Kier alpha value is -1.89. The molecule has 0 radical (unpaired) electrons. The summed E-state index contributed by atoms with van der Waals surface area (Å²) < 4.78 is 2.02. The Morgan fingerprint density at radius 1 is 1.07 bits per heavy atom. The van der Waals surface area contributed by atoms with Gasteiger partial charge in [0.15, 0.2) is 0 Å². The van der Waals surface area contributed by atoms with Crippen molar-refractivity contribution in [3.63, 3.8) is 0 Å². The molecule has 0 spiro atoms. The minimum absolute atomic E-state index is 0.0911. The Kier molecular flexibility index (Phi) is 5.71. The van der Waals surface area contributed by atoms with Crippen molar-refractivity contribution in [3.8, 4) is 0 Å². The highest BCUT2D eigenvalue weighted by Crippen LogP contribution is 2.28. The lowest BCUT2D eigenvalue weighted by Gasteiger charge is -2.26. The second-order valence-electron chi connectivity index (χ2n) is 8.54. The van der Waals surface area contributed by atoms with Crippen LogP contribution < -0.4 is 0 Å². The molecule has 0 unspecified atom stereocenters. The monoisotopic (exact) mass is 384 g/mol. The van der Waals surface area contributed by atoms with Crippen molar-refractivity contribution in [3.05, 3.63) is 36.0 Å². The summed E-state index contributed by atoms with van der Waals surface area (Å²) in [4.78, 5) is 20.1. The summed E-state index contributed by atoms with van der Waals surface area (Å²) in [7, 11) is 4.17. The van der Waals surface area contributed by atoms with Gasteiger partial charge < -0.3 is 24.4 Å². The first-order chi connectivity index (χ1) is 13.6. The van der Waals surface area contributed by atoms with E-state index in [-0.39, 0.29) is 18.4 Å². The zero-order valence-electron chi connectivity index (χ0n) is 17.0. The van der Waals surface area contributed by atoms with Gasteiger partial charge in [0.25, 0.3) is 5.91 Å². The third-order valence-corrected chi connectivity index (χ3v) is 6.53. The first-order valence-corrected chi connectivity index (χ1v) is 10.4. The van der Waals surface area contributed by atoms with Crippen LogP contribution in [0.15, 0.2) is 30.5 Å². The molecule has 2 aliphatic rings. The first kappa shape index (κ1) is 19.4. The maximum absolute atomic E-state index is 13.3. The maximum Gasteiger partial charge on any atom is 0.256 e. The van der Waals surface area contributed by atoms with Crippen LogP contribution >= 0.6 is 0 Å². The number of para-hydroxylation sites is 1. The molecule has 0 bridgehead atoms. The third-order valence-electron chi connectivity index (χ3n) is 6.53. The maximum atomic E-state index is 13.3. The number of aromatic nitrogens is 1. The highest BCUT2D eigenvalue weighted by atomic mass is 16.3. The van der Waals surface area contributed by atoms with Gasteiger partial charge in [0.1, 0.15) is 0 Å². The van der Waals surface area contributed by atoms with Crippen molar-refractivity contribution in [2.75, 3.05) is 59.5 Å². The number of carbonyl (C=O) groups excluding carboxylic acids is 1. The lowest BCUT2D eigenvalue weighted by molar-refractivity contribution is 0.0781. The molecule has 2 aliphatic heterocycles. The number of aryl methyl sites for hydroxylation is 1. The van der Waals surface area contributed by atoms with Crippen LogP contribution in [0, 0.1) is 11.8 Å². The average molecular weight is 385 g/mol. The largest absolute Gasteiger partial charge is 0.396 e. The molecule has 1 amide bonds. The number of fused-ring (bicyclic) bond motifs is 1. The van der Waals surface area contributed by atoms with Crippen molar-refractivity contribution < 1.29 is 9.90 Å². The highest BCUT2D eigenvalue weighted by molar-refractivity contribution is 6.07. The number of aliphatic hydroxyl groups excluding tert-OH is 1. The molecule has 0 aliphatic carbocycles. The van der Waals surface area contributed by atoms with Crippen LogP contribution in [0.3, 0.4) is 0 Å². The molecule has 2 fully saturated rings. The van der Waals surface area contributed by atoms with Crippen LogP contribution in [0.5, 0.6) is 0 Å². The van der Waals surface area contributed by atoms with Crippen molar-refractivity contribution in [1.82, 2.24) is 19.3 Å². The molecule has 1 aromatic heterocycles. The number of benzene rings is 1. The van der Waals surface area contributed by atoms with E-state index in [1.165, 1.54) is 6.42 Å². The molecule has 1 aromatic carbocycles. The molecule has 28 heavy (non-hydrogen) atoms. The highest BCUT2D eigenvalue weighted by Gasteiger charge is 2.36. The quantitative estimate of drug-likeness (QED) is 0.868. The summed E-state index contributed by atoms with van der Waals surface area (Å²) in [5.41, 5.74) is 1.85. The van der Waals surface area contributed by atoms with E-state index >= 15 is 0 Å². The number of aliphatic hydroxyl groups is 1. The van der Waals surface area contributed by atoms with Crippen LogP contribution in [-0.2, 0) is 7.05 Å². The van der Waals surface area contributed by atoms with Gasteiger partial charge in [-0.15, -0.1) is 0 Å². The van der Waals surface area contributed by atoms with Gasteiger partial charge in [0, 0.05) is 69.4 Å². The SMILES string of the molecule is CN1CCCN(C[C@@H]2CN(C(=O)c3cn(C)c4ccccc34)C[C@@H]2CO)CC1. The molecule has 3 heterocycles. The van der Waals surface area contributed by atoms with Gasteiger partial charge in [-0.2, -0.15) is 0 Å². The molecular weight excluding hydrogens is 352 g/mol. The molecule has 4 rings (SSSR count). The summed E-state index contributed by atoms with van der Waals surface area (Å²) in [5.74, 6) is 0.598. The fourth-order valence-corrected chi connectivity index (χ4v) is 4.81. The third kappa shape index (κ3) is 3.81. The van der Waals surface area contributed by atoms with Crippen LogP contribution in [0.2, 0.25) is 0 Å². The Morgan fingerprint density at radius 2 is 1.86 bits per heavy atom. The second kappa shape index (κ2) is 8.23. The van der Waals surface area contributed by atoms with E-state index in [1.807, 2.05) is 47.0 Å². The van der Waals surface area contributed by atoms with E-state index in [4.69, 9.17) is 0 Å². The van der Waals surface area contributed by atoms with Crippen LogP contribution in [0.25, 0.3) is 10.9 Å². The van der Waals surface area contributed by atoms with Crippen molar-refractivity contribution in [1.29, 1.82) is 0 Å². The topological polar surface area (TPSA) is 52.0 Å². The zero-order chi connectivity index (χ0) is 19.7. The van der Waals surface area contributed by atoms with Crippen molar-refractivity contribution in [2.45, 2.75) is 6.42 Å². The minimum Gasteiger partial charge on any atom is -0.396 e. The number of likely N-dealkylation sites (tertiary alicyclic amines) is 1. The van der Waals surface area contributed by atoms with Gasteiger partial charge in [-0.3, -0.25) is 4.79 Å².